The fourth-order valence-corrected chi connectivity index (χ4v) is 2.12. The maximum atomic E-state index is 6.17. The molecule has 0 fully saturated rings. The summed E-state index contributed by atoms with van der Waals surface area (Å²) in [5.41, 5.74) is 8.21. The second kappa shape index (κ2) is 5.02. The van der Waals surface area contributed by atoms with E-state index in [4.69, 9.17) is 10.2 Å². The topological polar surface area (TPSA) is 52.0 Å². The van der Waals surface area contributed by atoms with Crippen LogP contribution in [-0.2, 0) is 6.42 Å². The van der Waals surface area contributed by atoms with Crippen LogP contribution in [-0.4, -0.2) is 4.98 Å². The van der Waals surface area contributed by atoms with E-state index < -0.39 is 0 Å². The quantitative estimate of drug-likeness (QED) is 0.945. The Morgan fingerprint density at radius 3 is 2.71 bits per heavy atom. The van der Waals surface area contributed by atoms with Gasteiger partial charge in [0.1, 0.15) is 11.5 Å². The lowest BCUT2D eigenvalue weighted by Crippen LogP contribution is -2.14. The molecule has 0 aliphatic rings. The van der Waals surface area contributed by atoms with Gasteiger partial charge < -0.3 is 10.2 Å². The summed E-state index contributed by atoms with van der Waals surface area (Å²) in [4.78, 5) is 4.32. The predicted molar refractivity (Wildman–Crippen MR) is 70.8 cm³/mol. The van der Waals surface area contributed by atoms with Crippen LogP contribution in [0.1, 0.15) is 28.8 Å². The van der Waals surface area contributed by atoms with Crippen LogP contribution in [0.25, 0.3) is 0 Å². The van der Waals surface area contributed by atoms with E-state index in [0.717, 1.165) is 27.3 Å². The molecule has 90 valence electrons. The lowest BCUT2D eigenvalue weighted by atomic mass is 10.0. The minimum atomic E-state index is -0.0684. The number of nitrogens with zero attached hydrogens (tertiary/aromatic N) is 1. The summed E-state index contributed by atoms with van der Waals surface area (Å²) in [6.45, 7) is 3.87. The highest BCUT2D eigenvalue weighted by atomic mass is 79.9. The van der Waals surface area contributed by atoms with Gasteiger partial charge in [0.05, 0.1) is 0 Å². The molecule has 2 rings (SSSR count). The molecule has 17 heavy (non-hydrogen) atoms. The minimum Gasteiger partial charge on any atom is -0.466 e. The second-order valence-electron chi connectivity index (χ2n) is 4.15. The lowest BCUT2D eigenvalue weighted by molar-refractivity contribution is 0.497. The molecule has 2 aromatic heterocycles. The molecular weight excluding hydrogens is 280 g/mol. The molecule has 2 N–H and O–H groups in total. The Kier molecular flexibility index (Phi) is 3.64. The van der Waals surface area contributed by atoms with Gasteiger partial charge in [-0.05, 0) is 48.0 Å². The van der Waals surface area contributed by atoms with Crippen LogP contribution in [0.3, 0.4) is 0 Å². The zero-order valence-electron chi connectivity index (χ0n) is 9.90. The van der Waals surface area contributed by atoms with Gasteiger partial charge in [-0.3, -0.25) is 4.98 Å². The van der Waals surface area contributed by atoms with Crippen molar-refractivity contribution >= 4 is 15.9 Å². The molecule has 2 aromatic rings. The third kappa shape index (κ3) is 2.96. The van der Waals surface area contributed by atoms with Crippen molar-refractivity contribution in [1.29, 1.82) is 0 Å². The summed E-state index contributed by atoms with van der Waals surface area (Å²) in [5.74, 6) is 1.80. The van der Waals surface area contributed by atoms with Crippen molar-refractivity contribution in [1.82, 2.24) is 4.98 Å². The Labute approximate surface area is 109 Å². The Morgan fingerprint density at radius 1 is 1.41 bits per heavy atom. The van der Waals surface area contributed by atoms with Crippen molar-refractivity contribution in [3.05, 3.63) is 51.6 Å². The average Bonchev–Trinajstić information content (AvgIpc) is 2.61. The van der Waals surface area contributed by atoms with Gasteiger partial charge in [-0.2, -0.15) is 0 Å². The van der Waals surface area contributed by atoms with Crippen molar-refractivity contribution in [3.8, 4) is 0 Å². The van der Waals surface area contributed by atoms with Gasteiger partial charge in [0, 0.05) is 34.4 Å². The fraction of sp³-hybridized carbons (Fsp3) is 0.308. The molecular formula is C13H15BrN2O. The molecule has 0 spiro atoms. The van der Waals surface area contributed by atoms with Gasteiger partial charge in [-0.25, -0.2) is 0 Å². The molecule has 0 radical (unpaired) electrons. The number of furan rings is 1. The molecule has 0 aliphatic heterocycles. The van der Waals surface area contributed by atoms with Crippen LogP contribution in [0.5, 0.6) is 0 Å². The van der Waals surface area contributed by atoms with E-state index in [1.165, 1.54) is 0 Å². The molecule has 3 nitrogen and oxygen atoms in total. The fourth-order valence-electron chi connectivity index (χ4n) is 1.88. The van der Waals surface area contributed by atoms with E-state index >= 15 is 0 Å². The first-order chi connectivity index (χ1) is 8.06. The van der Waals surface area contributed by atoms with Crippen LogP contribution < -0.4 is 5.73 Å². The van der Waals surface area contributed by atoms with Crippen molar-refractivity contribution in [2.24, 2.45) is 5.73 Å². The van der Waals surface area contributed by atoms with Gasteiger partial charge in [0.2, 0.25) is 0 Å². The van der Waals surface area contributed by atoms with Crippen LogP contribution in [0.15, 0.2) is 33.3 Å². The number of halogens is 1. The highest BCUT2D eigenvalue weighted by Gasteiger charge is 2.14. The zero-order chi connectivity index (χ0) is 12.4. The van der Waals surface area contributed by atoms with E-state index in [-0.39, 0.29) is 6.04 Å². The number of hydrogen-bond donors (Lipinski definition) is 1. The number of aromatic nitrogens is 1. The number of rotatable bonds is 3. The van der Waals surface area contributed by atoms with E-state index in [0.29, 0.717) is 6.42 Å². The van der Waals surface area contributed by atoms with E-state index in [1.807, 2.05) is 32.0 Å². The Bertz CT molecular complexity index is 505. The van der Waals surface area contributed by atoms with Crippen molar-refractivity contribution in [2.75, 3.05) is 0 Å². The summed E-state index contributed by atoms with van der Waals surface area (Å²) in [6.07, 6.45) is 2.50. The molecule has 4 heteroatoms. The van der Waals surface area contributed by atoms with Crippen molar-refractivity contribution < 1.29 is 4.42 Å². The SMILES string of the molecule is Cc1cc(C(N)Cc2ccc(Br)cn2)c(C)o1. The van der Waals surface area contributed by atoms with Crippen molar-refractivity contribution in [3.63, 3.8) is 0 Å². The molecule has 1 unspecified atom stereocenters. The van der Waals surface area contributed by atoms with Gasteiger partial charge in [-0.1, -0.05) is 0 Å². The molecule has 1 atom stereocenters. The minimum absolute atomic E-state index is 0.0684. The van der Waals surface area contributed by atoms with Gasteiger partial charge in [0.25, 0.3) is 0 Å². The third-order valence-electron chi connectivity index (χ3n) is 2.70. The van der Waals surface area contributed by atoms with E-state index in [1.54, 1.807) is 6.20 Å². The largest absolute Gasteiger partial charge is 0.466 e. The summed E-state index contributed by atoms with van der Waals surface area (Å²) in [6, 6.07) is 5.88. The van der Waals surface area contributed by atoms with E-state index in [9.17, 15) is 0 Å². The Balaban J connectivity index is 2.14. The molecule has 0 aromatic carbocycles. The van der Waals surface area contributed by atoms with Crippen LogP contribution in [0.4, 0.5) is 0 Å². The smallest absolute Gasteiger partial charge is 0.105 e. The summed E-state index contributed by atoms with van der Waals surface area (Å²) in [7, 11) is 0. The standard InChI is InChI=1S/C13H15BrN2O/c1-8-5-12(9(2)17-8)13(15)6-11-4-3-10(14)7-16-11/h3-5,7,13H,6,15H2,1-2H3. The van der Waals surface area contributed by atoms with Crippen molar-refractivity contribution in [2.45, 2.75) is 26.3 Å². The van der Waals surface area contributed by atoms with Crippen LogP contribution in [0, 0.1) is 13.8 Å². The molecule has 0 saturated carbocycles. The first-order valence-corrected chi connectivity index (χ1v) is 6.28. The third-order valence-corrected chi connectivity index (χ3v) is 3.17. The highest BCUT2D eigenvalue weighted by Crippen LogP contribution is 2.22. The van der Waals surface area contributed by atoms with E-state index in [2.05, 4.69) is 20.9 Å². The number of hydrogen-bond acceptors (Lipinski definition) is 3. The molecule has 0 bridgehead atoms. The predicted octanol–water partition coefficient (Wildman–Crippen LogP) is 3.30. The average molecular weight is 295 g/mol. The summed E-state index contributed by atoms with van der Waals surface area (Å²) >= 11 is 3.36. The molecule has 0 aliphatic carbocycles. The molecule has 2 heterocycles. The summed E-state index contributed by atoms with van der Waals surface area (Å²) < 4.78 is 6.46. The van der Waals surface area contributed by atoms with Gasteiger partial charge in [-0.15, -0.1) is 0 Å². The molecule has 0 saturated heterocycles. The highest BCUT2D eigenvalue weighted by molar-refractivity contribution is 9.10. The second-order valence-corrected chi connectivity index (χ2v) is 5.06. The van der Waals surface area contributed by atoms with Crippen LogP contribution >= 0.6 is 15.9 Å². The van der Waals surface area contributed by atoms with Gasteiger partial charge in [0.15, 0.2) is 0 Å². The first-order valence-electron chi connectivity index (χ1n) is 5.49. The first kappa shape index (κ1) is 12.3. The summed E-state index contributed by atoms with van der Waals surface area (Å²) in [5, 5.41) is 0. The number of nitrogens with two attached hydrogens (primary N) is 1. The molecule has 0 amide bonds. The van der Waals surface area contributed by atoms with Crippen LogP contribution in [0.2, 0.25) is 0 Å². The normalized spacial score (nSPS) is 12.7. The zero-order valence-corrected chi connectivity index (χ0v) is 11.5. The lowest BCUT2D eigenvalue weighted by Gasteiger charge is -2.10. The Morgan fingerprint density at radius 2 is 2.18 bits per heavy atom. The number of aryl methyl sites for hydroxylation is 2. The number of pyridine rings is 1. The monoisotopic (exact) mass is 294 g/mol. The maximum Gasteiger partial charge on any atom is 0.105 e. The Hall–Kier alpha value is -1.13. The van der Waals surface area contributed by atoms with Gasteiger partial charge >= 0.3 is 0 Å². The maximum absolute atomic E-state index is 6.17.